The smallest absolute Gasteiger partial charge is 0.338 e. The van der Waals surface area contributed by atoms with Crippen LogP contribution in [0.15, 0.2) is 30.3 Å². The molecule has 23 heavy (non-hydrogen) atoms. The monoisotopic (exact) mass is 318 g/mol. The lowest BCUT2D eigenvalue weighted by Crippen LogP contribution is -2.62. The molecule has 0 aliphatic carbocycles. The van der Waals surface area contributed by atoms with Gasteiger partial charge in [-0.05, 0) is 12.1 Å². The highest BCUT2D eigenvalue weighted by molar-refractivity contribution is 5.89. The molecular formula is C18H24NO4+. The van der Waals surface area contributed by atoms with Gasteiger partial charge >= 0.3 is 11.9 Å². The molecule has 0 saturated carbocycles. The fraction of sp³-hybridized carbons (Fsp3) is 0.556. The van der Waals surface area contributed by atoms with E-state index in [2.05, 4.69) is 14.1 Å². The summed E-state index contributed by atoms with van der Waals surface area (Å²) >= 11 is 0. The van der Waals surface area contributed by atoms with Gasteiger partial charge in [0.15, 0.2) is 0 Å². The number of benzene rings is 1. The Morgan fingerprint density at radius 1 is 1.13 bits per heavy atom. The number of fused-ring (bicyclic) bond motifs is 2. The van der Waals surface area contributed by atoms with E-state index in [-0.39, 0.29) is 23.9 Å². The number of piperidine rings is 1. The van der Waals surface area contributed by atoms with Gasteiger partial charge < -0.3 is 14.0 Å². The first kappa shape index (κ1) is 16.0. The summed E-state index contributed by atoms with van der Waals surface area (Å²) < 4.78 is 11.6. The number of ether oxygens (including phenoxy) is 2. The summed E-state index contributed by atoms with van der Waals surface area (Å²) in [6.45, 7) is 0. The van der Waals surface area contributed by atoms with Gasteiger partial charge in [-0.3, -0.25) is 4.79 Å². The van der Waals surface area contributed by atoms with Crippen molar-refractivity contribution in [3.8, 4) is 0 Å². The SMILES string of the molecule is COC(=O)C1C(OC(=O)c2ccccc2)CC2CCC1[N+]2(C)C. The zero-order valence-corrected chi connectivity index (χ0v) is 13.9. The summed E-state index contributed by atoms with van der Waals surface area (Å²) in [4.78, 5) is 24.7. The topological polar surface area (TPSA) is 52.6 Å². The number of hydrogen-bond donors (Lipinski definition) is 0. The first-order valence-corrected chi connectivity index (χ1v) is 8.12. The first-order chi connectivity index (χ1) is 10.9. The number of rotatable bonds is 3. The largest absolute Gasteiger partial charge is 0.469 e. The summed E-state index contributed by atoms with van der Waals surface area (Å²) in [7, 11) is 5.72. The lowest BCUT2D eigenvalue weighted by molar-refractivity contribution is -0.934. The summed E-state index contributed by atoms with van der Waals surface area (Å²) in [5.74, 6) is -1.02. The van der Waals surface area contributed by atoms with Crippen LogP contribution in [-0.2, 0) is 14.3 Å². The van der Waals surface area contributed by atoms with Crippen molar-refractivity contribution in [2.24, 2.45) is 5.92 Å². The molecular weight excluding hydrogens is 294 g/mol. The Morgan fingerprint density at radius 2 is 1.83 bits per heavy atom. The summed E-state index contributed by atoms with van der Waals surface area (Å²) in [5.41, 5.74) is 0.516. The molecule has 1 aromatic rings. The number of quaternary nitrogens is 1. The molecule has 2 heterocycles. The molecule has 2 aliphatic rings. The summed E-state index contributed by atoms with van der Waals surface area (Å²) in [6.07, 6.45) is 2.34. The van der Waals surface area contributed by atoms with Crippen LogP contribution in [0.2, 0.25) is 0 Å². The molecule has 0 spiro atoms. The van der Waals surface area contributed by atoms with Crippen molar-refractivity contribution < 1.29 is 23.5 Å². The second-order valence-corrected chi connectivity index (χ2v) is 7.02. The average molecular weight is 318 g/mol. The van der Waals surface area contributed by atoms with Gasteiger partial charge in [0.05, 0.1) is 32.8 Å². The van der Waals surface area contributed by atoms with Gasteiger partial charge in [0.2, 0.25) is 0 Å². The Balaban J connectivity index is 1.83. The van der Waals surface area contributed by atoms with Crippen LogP contribution in [0.1, 0.15) is 29.6 Å². The lowest BCUT2D eigenvalue weighted by atomic mass is 9.85. The second-order valence-electron chi connectivity index (χ2n) is 7.02. The van der Waals surface area contributed by atoms with E-state index in [9.17, 15) is 9.59 Å². The molecule has 2 saturated heterocycles. The van der Waals surface area contributed by atoms with E-state index in [4.69, 9.17) is 9.47 Å². The number of carbonyl (C=O) groups excluding carboxylic acids is 2. The van der Waals surface area contributed by atoms with Crippen molar-refractivity contribution in [3.05, 3.63) is 35.9 Å². The fourth-order valence-corrected chi connectivity index (χ4v) is 4.29. The molecule has 0 N–H and O–H groups in total. The number of nitrogens with zero attached hydrogens (tertiary/aromatic N) is 1. The minimum Gasteiger partial charge on any atom is -0.469 e. The van der Waals surface area contributed by atoms with Gasteiger partial charge in [0, 0.05) is 19.3 Å². The van der Waals surface area contributed by atoms with Gasteiger partial charge in [-0.15, -0.1) is 0 Å². The minimum absolute atomic E-state index is 0.148. The molecule has 124 valence electrons. The number of carbonyl (C=O) groups is 2. The van der Waals surface area contributed by atoms with Crippen LogP contribution in [0.3, 0.4) is 0 Å². The van der Waals surface area contributed by atoms with Gasteiger partial charge in [-0.1, -0.05) is 18.2 Å². The zero-order valence-electron chi connectivity index (χ0n) is 13.9. The van der Waals surface area contributed by atoms with Gasteiger partial charge in [0.25, 0.3) is 0 Å². The Bertz CT molecular complexity index is 598. The van der Waals surface area contributed by atoms with E-state index in [0.29, 0.717) is 18.0 Å². The predicted octanol–water partition coefficient (Wildman–Crippen LogP) is 2.01. The molecule has 3 rings (SSSR count). The quantitative estimate of drug-likeness (QED) is 0.632. The molecule has 0 radical (unpaired) electrons. The van der Waals surface area contributed by atoms with Crippen molar-refractivity contribution in [1.29, 1.82) is 0 Å². The molecule has 4 atom stereocenters. The third kappa shape index (κ3) is 2.74. The Kier molecular flexibility index (Phi) is 4.15. The van der Waals surface area contributed by atoms with Crippen LogP contribution in [-0.4, -0.2) is 55.8 Å². The van der Waals surface area contributed by atoms with Crippen LogP contribution >= 0.6 is 0 Å². The highest BCUT2D eigenvalue weighted by Crippen LogP contribution is 2.44. The van der Waals surface area contributed by atoms with Gasteiger partial charge in [-0.2, -0.15) is 0 Å². The van der Waals surface area contributed by atoms with Crippen LogP contribution < -0.4 is 0 Å². The van der Waals surface area contributed by atoms with Gasteiger partial charge in [-0.25, -0.2) is 4.79 Å². The van der Waals surface area contributed by atoms with E-state index in [0.717, 1.165) is 17.3 Å². The maximum absolute atomic E-state index is 12.4. The van der Waals surface area contributed by atoms with Crippen molar-refractivity contribution in [3.63, 3.8) is 0 Å². The van der Waals surface area contributed by atoms with Crippen LogP contribution in [0.4, 0.5) is 0 Å². The number of methoxy groups -OCH3 is 1. The van der Waals surface area contributed by atoms with Crippen molar-refractivity contribution in [1.82, 2.24) is 0 Å². The zero-order chi connectivity index (χ0) is 16.6. The molecule has 4 unspecified atom stereocenters. The third-order valence-corrected chi connectivity index (χ3v) is 5.65. The van der Waals surface area contributed by atoms with Crippen LogP contribution in [0.5, 0.6) is 0 Å². The van der Waals surface area contributed by atoms with E-state index < -0.39 is 6.10 Å². The first-order valence-electron chi connectivity index (χ1n) is 8.12. The summed E-state index contributed by atoms with van der Waals surface area (Å²) in [6, 6.07) is 9.50. The fourth-order valence-electron chi connectivity index (χ4n) is 4.29. The number of hydrogen-bond acceptors (Lipinski definition) is 4. The van der Waals surface area contributed by atoms with E-state index in [1.54, 1.807) is 24.3 Å². The van der Waals surface area contributed by atoms with Crippen molar-refractivity contribution >= 4 is 11.9 Å². The number of esters is 2. The predicted molar refractivity (Wildman–Crippen MR) is 84.7 cm³/mol. The average Bonchev–Trinajstić information content (AvgIpc) is 2.73. The molecule has 2 fully saturated rings. The second kappa shape index (κ2) is 5.96. The molecule has 2 aliphatic heterocycles. The molecule has 5 heteroatoms. The van der Waals surface area contributed by atoms with Crippen LogP contribution in [0, 0.1) is 5.92 Å². The molecule has 5 nitrogen and oxygen atoms in total. The molecule has 2 bridgehead atoms. The maximum Gasteiger partial charge on any atom is 0.338 e. The minimum atomic E-state index is -0.404. The lowest BCUT2D eigenvalue weighted by Gasteiger charge is -2.47. The van der Waals surface area contributed by atoms with Gasteiger partial charge in [0.1, 0.15) is 18.1 Å². The normalized spacial score (nSPS) is 31.4. The highest BCUT2D eigenvalue weighted by atomic mass is 16.6. The van der Waals surface area contributed by atoms with E-state index in [1.165, 1.54) is 7.11 Å². The Morgan fingerprint density at radius 3 is 2.48 bits per heavy atom. The molecule has 1 aromatic carbocycles. The van der Waals surface area contributed by atoms with E-state index in [1.807, 2.05) is 6.07 Å². The van der Waals surface area contributed by atoms with Crippen molar-refractivity contribution in [2.75, 3.05) is 21.2 Å². The van der Waals surface area contributed by atoms with Crippen LogP contribution in [0.25, 0.3) is 0 Å². The standard InChI is InChI=1S/C18H24NO4/c1-19(2)13-9-10-14(19)16(18(21)22-3)15(11-13)23-17(20)12-7-5-4-6-8-12/h4-8,13-16H,9-11H2,1-3H3/q+1. The molecule has 0 amide bonds. The van der Waals surface area contributed by atoms with E-state index >= 15 is 0 Å². The van der Waals surface area contributed by atoms with Crippen molar-refractivity contribution in [2.45, 2.75) is 37.5 Å². The third-order valence-electron chi connectivity index (χ3n) is 5.65. The Hall–Kier alpha value is -1.88. The molecule has 0 aromatic heterocycles. The maximum atomic E-state index is 12.4. The summed E-state index contributed by atoms with van der Waals surface area (Å²) in [5, 5.41) is 0. The highest BCUT2D eigenvalue weighted by Gasteiger charge is 2.58. The Labute approximate surface area is 136 Å².